The number of hydrogen-bond donors (Lipinski definition) is 1. The number of rotatable bonds is 5. The zero-order valence-electron chi connectivity index (χ0n) is 15.5. The number of likely N-dealkylation sites (tertiary alicyclic amines) is 1. The molecule has 3 aliphatic rings. The Morgan fingerprint density at radius 1 is 1.19 bits per heavy atom. The van der Waals surface area contributed by atoms with Crippen molar-refractivity contribution in [1.82, 2.24) is 14.5 Å². The average Bonchev–Trinajstić information content (AvgIpc) is 3.47. The highest BCUT2D eigenvalue weighted by Crippen LogP contribution is 2.31. The first-order valence-corrected chi connectivity index (χ1v) is 11.1. The molecule has 2 aliphatic heterocycles. The van der Waals surface area contributed by atoms with Crippen LogP contribution in [-0.4, -0.2) is 61.7 Å². The molecular weight excluding hydrogens is 366 g/mol. The molecule has 2 heterocycles. The van der Waals surface area contributed by atoms with Gasteiger partial charge in [-0.15, -0.1) is 0 Å². The van der Waals surface area contributed by atoms with Crippen LogP contribution in [0.4, 0.5) is 0 Å². The summed E-state index contributed by atoms with van der Waals surface area (Å²) in [7, 11) is -3.85. The summed E-state index contributed by atoms with van der Waals surface area (Å²) in [5.41, 5.74) is 0.476. The lowest BCUT2D eigenvalue weighted by molar-refractivity contribution is 0.0704. The molecule has 0 bridgehead atoms. The van der Waals surface area contributed by atoms with Gasteiger partial charge in [0, 0.05) is 31.2 Å². The third-order valence-electron chi connectivity index (χ3n) is 5.72. The number of fused-ring (bicyclic) bond motifs is 1. The maximum atomic E-state index is 12.8. The van der Waals surface area contributed by atoms with Crippen molar-refractivity contribution < 1.29 is 18.0 Å². The monoisotopic (exact) mass is 391 g/mol. The smallest absolute Gasteiger partial charge is 0.268 e. The van der Waals surface area contributed by atoms with Gasteiger partial charge in [0.1, 0.15) is 4.90 Å². The molecule has 27 heavy (non-hydrogen) atoms. The average molecular weight is 391 g/mol. The summed E-state index contributed by atoms with van der Waals surface area (Å²) in [4.78, 5) is 26.8. The zero-order valence-corrected chi connectivity index (χ0v) is 16.3. The maximum absolute atomic E-state index is 12.8. The number of carbonyl (C=O) groups excluding carboxylic acids is 2. The standard InChI is InChI=1S/C19H25N3O4S/c1-2-22-19(24)16-6-5-14(11-17(16)27(22,25)26)18(23)21-9-7-15(8-10-21)20-12-13-3-4-13/h5-6,11,13,15,20H,2-4,7-10,12H2,1H3. The fraction of sp³-hybridized carbons (Fsp3) is 0.579. The van der Waals surface area contributed by atoms with Gasteiger partial charge < -0.3 is 10.2 Å². The zero-order chi connectivity index (χ0) is 19.2. The van der Waals surface area contributed by atoms with Gasteiger partial charge in [-0.1, -0.05) is 0 Å². The van der Waals surface area contributed by atoms with Crippen LogP contribution < -0.4 is 5.32 Å². The van der Waals surface area contributed by atoms with Crippen molar-refractivity contribution >= 4 is 21.8 Å². The summed E-state index contributed by atoms with van der Waals surface area (Å²) in [5, 5.41) is 3.58. The Labute approximate surface area is 159 Å². The lowest BCUT2D eigenvalue weighted by atomic mass is 10.0. The predicted octanol–water partition coefficient (Wildman–Crippen LogP) is 1.46. The number of carbonyl (C=O) groups is 2. The van der Waals surface area contributed by atoms with Crippen LogP contribution in [0.1, 0.15) is 53.3 Å². The Hall–Kier alpha value is -1.93. The minimum atomic E-state index is -3.85. The van der Waals surface area contributed by atoms with E-state index in [4.69, 9.17) is 0 Å². The van der Waals surface area contributed by atoms with Gasteiger partial charge in [-0.2, -0.15) is 0 Å². The van der Waals surface area contributed by atoms with E-state index in [1.54, 1.807) is 17.9 Å². The summed E-state index contributed by atoms with van der Waals surface area (Å²) in [5.74, 6) is 0.147. The van der Waals surface area contributed by atoms with E-state index in [2.05, 4.69) is 5.32 Å². The topological polar surface area (TPSA) is 86.8 Å². The molecule has 0 radical (unpaired) electrons. The first-order valence-electron chi connectivity index (χ1n) is 9.65. The summed E-state index contributed by atoms with van der Waals surface area (Å²) >= 11 is 0. The molecule has 8 heteroatoms. The number of piperidine rings is 1. The molecule has 1 saturated carbocycles. The Kier molecular flexibility index (Phi) is 4.71. The third kappa shape index (κ3) is 3.36. The van der Waals surface area contributed by atoms with Gasteiger partial charge in [0.15, 0.2) is 0 Å². The highest BCUT2D eigenvalue weighted by Gasteiger charge is 2.40. The van der Waals surface area contributed by atoms with E-state index >= 15 is 0 Å². The van der Waals surface area contributed by atoms with Crippen molar-refractivity contribution in [3.63, 3.8) is 0 Å². The molecule has 1 saturated heterocycles. The van der Waals surface area contributed by atoms with Gasteiger partial charge in [-0.3, -0.25) is 9.59 Å². The van der Waals surface area contributed by atoms with Crippen LogP contribution in [0, 0.1) is 5.92 Å². The molecule has 1 aromatic carbocycles. The Morgan fingerprint density at radius 2 is 1.89 bits per heavy atom. The Morgan fingerprint density at radius 3 is 2.52 bits per heavy atom. The normalized spacial score (nSPS) is 22.2. The van der Waals surface area contributed by atoms with E-state index in [1.165, 1.54) is 25.0 Å². The largest absolute Gasteiger partial charge is 0.339 e. The number of hydrogen-bond acceptors (Lipinski definition) is 5. The molecule has 7 nitrogen and oxygen atoms in total. The minimum absolute atomic E-state index is 0.0545. The highest BCUT2D eigenvalue weighted by molar-refractivity contribution is 7.90. The summed E-state index contributed by atoms with van der Waals surface area (Å²) in [6.45, 7) is 4.09. The van der Waals surface area contributed by atoms with Crippen LogP contribution in [-0.2, 0) is 10.0 Å². The van der Waals surface area contributed by atoms with E-state index in [0.29, 0.717) is 24.7 Å². The van der Waals surface area contributed by atoms with Crippen molar-refractivity contribution in [2.75, 3.05) is 26.2 Å². The summed E-state index contributed by atoms with van der Waals surface area (Å²) in [6, 6.07) is 4.83. The van der Waals surface area contributed by atoms with Crippen LogP contribution in [0.25, 0.3) is 0 Å². The maximum Gasteiger partial charge on any atom is 0.268 e. The number of nitrogens with zero attached hydrogens (tertiary/aromatic N) is 2. The third-order valence-corrected chi connectivity index (χ3v) is 7.61. The second-order valence-electron chi connectivity index (χ2n) is 7.60. The molecule has 2 fully saturated rings. The van der Waals surface area contributed by atoms with Crippen molar-refractivity contribution in [3.05, 3.63) is 29.3 Å². The van der Waals surface area contributed by atoms with E-state index in [1.807, 2.05) is 0 Å². The van der Waals surface area contributed by atoms with Gasteiger partial charge in [-0.05, 0) is 63.3 Å². The van der Waals surface area contributed by atoms with E-state index in [-0.39, 0.29) is 22.9 Å². The van der Waals surface area contributed by atoms with Gasteiger partial charge in [0.25, 0.3) is 21.8 Å². The van der Waals surface area contributed by atoms with Gasteiger partial charge in [0.2, 0.25) is 0 Å². The van der Waals surface area contributed by atoms with Crippen LogP contribution >= 0.6 is 0 Å². The lowest BCUT2D eigenvalue weighted by Gasteiger charge is -2.32. The van der Waals surface area contributed by atoms with Crippen molar-refractivity contribution in [3.8, 4) is 0 Å². The number of amides is 2. The second kappa shape index (κ2) is 6.91. The van der Waals surface area contributed by atoms with Crippen molar-refractivity contribution in [2.24, 2.45) is 5.92 Å². The fourth-order valence-electron chi connectivity index (χ4n) is 3.85. The second-order valence-corrected chi connectivity index (χ2v) is 9.43. The molecule has 1 aliphatic carbocycles. The summed E-state index contributed by atoms with van der Waals surface area (Å²) < 4.78 is 25.9. The minimum Gasteiger partial charge on any atom is -0.339 e. The Bertz CT molecular complexity index is 871. The van der Waals surface area contributed by atoms with E-state index in [0.717, 1.165) is 29.6 Å². The van der Waals surface area contributed by atoms with E-state index < -0.39 is 15.9 Å². The molecule has 0 aromatic heterocycles. The molecule has 0 unspecified atom stereocenters. The fourth-order valence-corrected chi connectivity index (χ4v) is 5.45. The first kappa shape index (κ1) is 18.4. The molecule has 0 atom stereocenters. The highest BCUT2D eigenvalue weighted by atomic mass is 32.2. The van der Waals surface area contributed by atoms with Crippen molar-refractivity contribution in [2.45, 2.75) is 43.5 Å². The summed E-state index contributed by atoms with van der Waals surface area (Å²) in [6.07, 6.45) is 4.46. The van der Waals surface area contributed by atoms with Gasteiger partial charge in [-0.25, -0.2) is 12.7 Å². The lowest BCUT2D eigenvalue weighted by Crippen LogP contribution is -2.45. The molecule has 4 rings (SSSR count). The van der Waals surface area contributed by atoms with Crippen LogP contribution in [0.3, 0.4) is 0 Å². The van der Waals surface area contributed by atoms with Crippen LogP contribution in [0.2, 0.25) is 0 Å². The molecule has 1 aromatic rings. The predicted molar refractivity (Wildman–Crippen MR) is 100.0 cm³/mol. The van der Waals surface area contributed by atoms with E-state index in [9.17, 15) is 18.0 Å². The number of benzene rings is 1. The number of sulfonamides is 1. The van der Waals surface area contributed by atoms with Crippen LogP contribution in [0.5, 0.6) is 0 Å². The van der Waals surface area contributed by atoms with Gasteiger partial charge in [0.05, 0.1) is 5.56 Å². The Balaban J connectivity index is 1.45. The quantitative estimate of drug-likeness (QED) is 0.821. The van der Waals surface area contributed by atoms with Crippen LogP contribution in [0.15, 0.2) is 23.1 Å². The molecule has 146 valence electrons. The number of nitrogens with one attached hydrogen (secondary N) is 1. The van der Waals surface area contributed by atoms with Crippen molar-refractivity contribution in [1.29, 1.82) is 0 Å². The molecule has 1 N–H and O–H groups in total. The molecular formula is C19H25N3O4S. The van der Waals surface area contributed by atoms with Gasteiger partial charge >= 0.3 is 0 Å². The molecule has 2 amide bonds. The molecule has 0 spiro atoms. The SMILES string of the molecule is CCN1C(=O)c2ccc(C(=O)N3CCC(NCC4CC4)CC3)cc2S1(=O)=O. The first-order chi connectivity index (χ1) is 12.9.